The van der Waals surface area contributed by atoms with Crippen LogP contribution in [0.25, 0.3) is 11.1 Å². The highest BCUT2D eigenvalue weighted by molar-refractivity contribution is 5.84. The zero-order chi connectivity index (χ0) is 22.5. The number of aromatic hydroxyl groups is 1. The molecule has 0 spiro atoms. The van der Waals surface area contributed by atoms with Crippen molar-refractivity contribution >= 4 is 11.8 Å². The minimum absolute atomic E-state index is 0.0257. The van der Waals surface area contributed by atoms with Crippen molar-refractivity contribution in [3.8, 4) is 16.9 Å². The van der Waals surface area contributed by atoms with Crippen molar-refractivity contribution in [3.63, 3.8) is 0 Å². The van der Waals surface area contributed by atoms with Crippen molar-refractivity contribution < 1.29 is 14.7 Å². The van der Waals surface area contributed by atoms with Crippen LogP contribution >= 0.6 is 0 Å². The third kappa shape index (κ3) is 5.17. The van der Waals surface area contributed by atoms with Gasteiger partial charge in [-0.1, -0.05) is 60.7 Å². The SMILES string of the molecule is CC(NC(=O)CCC(=O)N1CCc2ccccc2C1)c1ccc(-c2cccc(O)c2)cc1. The number of rotatable bonds is 6. The highest BCUT2D eigenvalue weighted by atomic mass is 16.3. The van der Waals surface area contributed by atoms with Gasteiger partial charge in [0.25, 0.3) is 0 Å². The number of amides is 2. The number of nitrogens with one attached hydrogen (secondary N) is 1. The molecule has 4 rings (SSSR count). The van der Waals surface area contributed by atoms with Gasteiger partial charge >= 0.3 is 0 Å². The van der Waals surface area contributed by atoms with Gasteiger partial charge in [0, 0.05) is 25.9 Å². The Kier molecular flexibility index (Phi) is 6.55. The first-order valence-corrected chi connectivity index (χ1v) is 11.0. The summed E-state index contributed by atoms with van der Waals surface area (Å²) < 4.78 is 0. The molecule has 164 valence electrons. The van der Waals surface area contributed by atoms with E-state index in [9.17, 15) is 14.7 Å². The molecule has 1 unspecified atom stereocenters. The summed E-state index contributed by atoms with van der Waals surface area (Å²) in [6.45, 7) is 3.27. The maximum atomic E-state index is 12.6. The van der Waals surface area contributed by atoms with Crippen LogP contribution in [-0.2, 0) is 22.6 Å². The smallest absolute Gasteiger partial charge is 0.223 e. The fraction of sp³-hybridized carbons (Fsp3) is 0.259. The van der Waals surface area contributed by atoms with Crippen molar-refractivity contribution in [3.05, 3.63) is 89.5 Å². The van der Waals surface area contributed by atoms with E-state index in [0.717, 1.165) is 23.1 Å². The van der Waals surface area contributed by atoms with E-state index < -0.39 is 0 Å². The van der Waals surface area contributed by atoms with Gasteiger partial charge in [-0.15, -0.1) is 0 Å². The van der Waals surface area contributed by atoms with Crippen LogP contribution in [0.15, 0.2) is 72.8 Å². The average Bonchev–Trinajstić information content (AvgIpc) is 2.82. The highest BCUT2D eigenvalue weighted by Crippen LogP contribution is 2.25. The van der Waals surface area contributed by atoms with Crippen molar-refractivity contribution in [2.75, 3.05) is 6.54 Å². The number of benzene rings is 3. The van der Waals surface area contributed by atoms with E-state index >= 15 is 0 Å². The lowest BCUT2D eigenvalue weighted by Gasteiger charge is -2.29. The van der Waals surface area contributed by atoms with E-state index in [-0.39, 0.29) is 36.4 Å². The predicted octanol–water partition coefficient (Wildman–Crippen LogP) is 4.60. The Morgan fingerprint density at radius 3 is 2.44 bits per heavy atom. The summed E-state index contributed by atoms with van der Waals surface area (Å²) in [5, 5.41) is 12.6. The molecule has 2 N–H and O–H groups in total. The lowest BCUT2D eigenvalue weighted by molar-refractivity contribution is -0.134. The number of phenolic OH excluding ortho intramolecular Hbond substituents is 1. The Balaban J connectivity index is 1.27. The molecule has 0 saturated carbocycles. The molecule has 0 fully saturated rings. The van der Waals surface area contributed by atoms with Crippen LogP contribution in [0.4, 0.5) is 0 Å². The van der Waals surface area contributed by atoms with Crippen molar-refractivity contribution in [1.29, 1.82) is 0 Å². The van der Waals surface area contributed by atoms with Crippen LogP contribution in [-0.4, -0.2) is 28.4 Å². The Bertz CT molecular complexity index is 1110. The van der Waals surface area contributed by atoms with Gasteiger partial charge in [0.2, 0.25) is 11.8 Å². The van der Waals surface area contributed by atoms with E-state index in [1.807, 2.05) is 60.4 Å². The molecule has 0 aliphatic carbocycles. The number of hydrogen-bond donors (Lipinski definition) is 2. The van der Waals surface area contributed by atoms with E-state index in [1.54, 1.807) is 12.1 Å². The zero-order valence-corrected chi connectivity index (χ0v) is 18.3. The zero-order valence-electron chi connectivity index (χ0n) is 18.3. The van der Waals surface area contributed by atoms with Crippen LogP contribution < -0.4 is 5.32 Å². The molecule has 3 aromatic rings. The Morgan fingerprint density at radius 2 is 1.69 bits per heavy atom. The van der Waals surface area contributed by atoms with Crippen molar-refractivity contribution in [2.45, 2.75) is 38.8 Å². The summed E-state index contributed by atoms with van der Waals surface area (Å²) in [5.41, 5.74) is 5.42. The molecule has 0 radical (unpaired) electrons. The van der Waals surface area contributed by atoms with Crippen LogP contribution in [0.1, 0.15) is 42.5 Å². The first-order valence-electron chi connectivity index (χ1n) is 11.0. The van der Waals surface area contributed by atoms with Crippen LogP contribution in [0.3, 0.4) is 0 Å². The molecule has 0 saturated heterocycles. The molecule has 2 amide bonds. The maximum Gasteiger partial charge on any atom is 0.223 e. The number of fused-ring (bicyclic) bond motifs is 1. The van der Waals surface area contributed by atoms with Gasteiger partial charge in [-0.05, 0) is 53.3 Å². The Hall–Kier alpha value is -3.60. The van der Waals surface area contributed by atoms with Gasteiger partial charge in [0.05, 0.1) is 6.04 Å². The first-order chi connectivity index (χ1) is 15.5. The van der Waals surface area contributed by atoms with Gasteiger partial charge in [-0.3, -0.25) is 9.59 Å². The molecule has 32 heavy (non-hydrogen) atoms. The molecule has 1 aliphatic heterocycles. The molecule has 1 atom stereocenters. The predicted molar refractivity (Wildman–Crippen MR) is 125 cm³/mol. The van der Waals surface area contributed by atoms with Crippen molar-refractivity contribution in [1.82, 2.24) is 10.2 Å². The lowest BCUT2D eigenvalue weighted by atomic mass is 9.99. The van der Waals surface area contributed by atoms with Gasteiger partial charge in [-0.2, -0.15) is 0 Å². The van der Waals surface area contributed by atoms with Gasteiger partial charge < -0.3 is 15.3 Å². The van der Waals surface area contributed by atoms with Crippen LogP contribution in [0, 0.1) is 0 Å². The monoisotopic (exact) mass is 428 g/mol. The molecule has 1 heterocycles. The average molecular weight is 429 g/mol. The van der Waals surface area contributed by atoms with Gasteiger partial charge in [0.1, 0.15) is 5.75 Å². The summed E-state index contributed by atoms with van der Waals surface area (Å²) in [7, 11) is 0. The summed E-state index contributed by atoms with van der Waals surface area (Å²) in [6, 6.07) is 23.1. The molecule has 5 nitrogen and oxygen atoms in total. The van der Waals surface area contributed by atoms with E-state index in [4.69, 9.17) is 0 Å². The number of hydrogen-bond acceptors (Lipinski definition) is 3. The molecule has 3 aromatic carbocycles. The van der Waals surface area contributed by atoms with Crippen LogP contribution in [0.5, 0.6) is 5.75 Å². The quantitative estimate of drug-likeness (QED) is 0.603. The normalized spacial score (nSPS) is 13.8. The summed E-state index contributed by atoms with van der Waals surface area (Å²) in [4.78, 5) is 26.9. The first kappa shape index (κ1) is 21.6. The Morgan fingerprint density at radius 1 is 0.938 bits per heavy atom. The second kappa shape index (κ2) is 9.69. The Labute approximate surface area is 188 Å². The van der Waals surface area contributed by atoms with Crippen LogP contribution in [0.2, 0.25) is 0 Å². The number of nitrogens with zero attached hydrogens (tertiary/aromatic N) is 1. The topological polar surface area (TPSA) is 69.6 Å². The fourth-order valence-corrected chi connectivity index (χ4v) is 4.13. The van der Waals surface area contributed by atoms with E-state index in [0.29, 0.717) is 13.1 Å². The minimum Gasteiger partial charge on any atom is -0.508 e. The minimum atomic E-state index is -0.155. The number of carbonyl (C=O) groups is 2. The fourth-order valence-electron chi connectivity index (χ4n) is 4.13. The summed E-state index contributed by atoms with van der Waals surface area (Å²) in [6.07, 6.45) is 1.27. The molecular formula is C27H28N2O3. The molecular weight excluding hydrogens is 400 g/mol. The van der Waals surface area contributed by atoms with Gasteiger partial charge in [0.15, 0.2) is 0 Å². The van der Waals surface area contributed by atoms with E-state index in [2.05, 4.69) is 17.4 Å². The second-order valence-corrected chi connectivity index (χ2v) is 8.30. The van der Waals surface area contributed by atoms with E-state index in [1.165, 1.54) is 11.1 Å². The van der Waals surface area contributed by atoms with Gasteiger partial charge in [-0.25, -0.2) is 0 Å². The van der Waals surface area contributed by atoms with Crippen molar-refractivity contribution in [2.24, 2.45) is 0 Å². The number of phenols is 1. The standard InChI is InChI=1S/C27H28N2O3/c1-19(20-9-11-22(12-10-20)23-7-4-8-25(30)17-23)28-26(31)13-14-27(32)29-16-15-21-5-2-3-6-24(21)18-29/h2-12,17,19,30H,13-16,18H2,1H3,(H,28,31). The second-order valence-electron chi connectivity index (χ2n) is 8.30. The molecule has 1 aliphatic rings. The summed E-state index contributed by atoms with van der Waals surface area (Å²) in [5.74, 6) is 0.133. The third-order valence-corrected chi connectivity index (χ3v) is 6.02. The summed E-state index contributed by atoms with van der Waals surface area (Å²) >= 11 is 0. The maximum absolute atomic E-state index is 12.6. The largest absolute Gasteiger partial charge is 0.508 e. The third-order valence-electron chi connectivity index (χ3n) is 6.02. The number of carbonyl (C=O) groups excluding carboxylic acids is 2. The molecule has 0 aromatic heterocycles. The lowest BCUT2D eigenvalue weighted by Crippen LogP contribution is -2.36. The highest BCUT2D eigenvalue weighted by Gasteiger charge is 2.21. The molecule has 0 bridgehead atoms. The molecule has 5 heteroatoms.